The van der Waals surface area contributed by atoms with Gasteiger partial charge in [-0.2, -0.15) is 0 Å². The summed E-state index contributed by atoms with van der Waals surface area (Å²) in [6.45, 7) is 12.5. The van der Waals surface area contributed by atoms with Crippen LogP contribution >= 0.6 is 0 Å². The van der Waals surface area contributed by atoms with Crippen LogP contribution in [0.15, 0.2) is 12.7 Å². The van der Waals surface area contributed by atoms with Gasteiger partial charge in [0.25, 0.3) is 0 Å². The maximum atomic E-state index is 11.5. The summed E-state index contributed by atoms with van der Waals surface area (Å²) in [5.41, 5.74) is 0.0543. The first kappa shape index (κ1) is 14.2. The van der Waals surface area contributed by atoms with Crippen LogP contribution in [0.1, 0.15) is 47.0 Å². The Labute approximate surface area is 93.7 Å². The molecule has 0 saturated heterocycles. The monoisotopic (exact) mass is 212 g/mol. The zero-order chi connectivity index (χ0) is 11.9. The van der Waals surface area contributed by atoms with Crippen molar-refractivity contribution in [3.8, 4) is 0 Å². The van der Waals surface area contributed by atoms with Crippen molar-refractivity contribution in [3.63, 3.8) is 0 Å². The van der Waals surface area contributed by atoms with Crippen LogP contribution in [0.5, 0.6) is 0 Å². The Morgan fingerprint density at radius 3 is 2.60 bits per heavy atom. The molecule has 0 aliphatic carbocycles. The molecule has 0 amide bonds. The van der Waals surface area contributed by atoms with Crippen LogP contribution in [0.4, 0.5) is 0 Å². The van der Waals surface area contributed by atoms with Gasteiger partial charge in [0.2, 0.25) is 0 Å². The quantitative estimate of drug-likeness (QED) is 0.476. The first-order chi connectivity index (χ1) is 6.91. The highest BCUT2D eigenvalue weighted by Crippen LogP contribution is 2.24. The van der Waals surface area contributed by atoms with Gasteiger partial charge in [-0.25, -0.2) is 0 Å². The molecule has 0 aromatic rings. The van der Waals surface area contributed by atoms with E-state index in [0.29, 0.717) is 18.9 Å². The second kappa shape index (κ2) is 6.65. The van der Waals surface area contributed by atoms with Gasteiger partial charge in [-0.15, -0.1) is 6.58 Å². The van der Waals surface area contributed by atoms with E-state index in [4.69, 9.17) is 4.74 Å². The van der Waals surface area contributed by atoms with Gasteiger partial charge in [-0.05, 0) is 17.8 Å². The fourth-order valence-electron chi connectivity index (χ4n) is 1.15. The molecular weight excluding hydrogens is 188 g/mol. The summed E-state index contributed by atoms with van der Waals surface area (Å²) < 4.78 is 5.21. The molecule has 15 heavy (non-hydrogen) atoms. The zero-order valence-electron chi connectivity index (χ0n) is 10.5. The average molecular weight is 212 g/mol. The summed E-state index contributed by atoms with van der Waals surface area (Å²) in [6.07, 6.45) is 4.24. The molecule has 0 bridgehead atoms. The Bertz CT molecular complexity index is 207. The van der Waals surface area contributed by atoms with Gasteiger partial charge >= 0.3 is 5.97 Å². The molecule has 0 aromatic carbocycles. The van der Waals surface area contributed by atoms with Crippen LogP contribution in [-0.2, 0) is 9.53 Å². The van der Waals surface area contributed by atoms with Crippen LogP contribution in [0.3, 0.4) is 0 Å². The van der Waals surface area contributed by atoms with Crippen LogP contribution in [0.2, 0.25) is 0 Å². The number of carbonyl (C=O) groups is 1. The van der Waals surface area contributed by atoms with Gasteiger partial charge in [-0.3, -0.25) is 4.79 Å². The van der Waals surface area contributed by atoms with Crippen molar-refractivity contribution < 1.29 is 9.53 Å². The zero-order valence-corrected chi connectivity index (χ0v) is 10.5. The molecule has 0 heterocycles. The minimum Gasteiger partial charge on any atom is -0.465 e. The molecule has 88 valence electrons. The summed E-state index contributed by atoms with van der Waals surface area (Å²) in [5.74, 6) is 0.286. The van der Waals surface area contributed by atoms with Gasteiger partial charge in [0.1, 0.15) is 0 Å². The van der Waals surface area contributed by atoms with E-state index in [2.05, 4.69) is 34.3 Å². The Morgan fingerprint density at radius 1 is 1.53 bits per heavy atom. The van der Waals surface area contributed by atoms with Crippen molar-refractivity contribution in [3.05, 3.63) is 12.7 Å². The van der Waals surface area contributed by atoms with Crippen molar-refractivity contribution >= 4 is 5.97 Å². The Balaban J connectivity index is 3.80. The van der Waals surface area contributed by atoms with Gasteiger partial charge in [0.15, 0.2) is 0 Å². The second-order valence-electron chi connectivity index (χ2n) is 5.01. The lowest BCUT2D eigenvalue weighted by atomic mass is 9.87. The topological polar surface area (TPSA) is 26.3 Å². The van der Waals surface area contributed by atoms with Gasteiger partial charge in [0, 0.05) is 0 Å². The number of rotatable bonds is 7. The minimum absolute atomic E-state index is 0.0543. The molecule has 0 radical (unpaired) electrons. The molecule has 2 nitrogen and oxygen atoms in total. The maximum Gasteiger partial charge on any atom is 0.306 e. The number of allylic oxidation sites excluding steroid dienone is 1. The van der Waals surface area contributed by atoms with E-state index < -0.39 is 0 Å². The first-order valence-electron chi connectivity index (χ1n) is 5.68. The van der Waals surface area contributed by atoms with E-state index in [9.17, 15) is 4.79 Å². The molecule has 0 saturated carbocycles. The van der Waals surface area contributed by atoms with Gasteiger partial charge < -0.3 is 4.74 Å². The molecule has 0 rings (SSSR count). The first-order valence-corrected chi connectivity index (χ1v) is 5.68. The number of carbonyl (C=O) groups excluding carboxylic acids is 1. The summed E-state index contributed by atoms with van der Waals surface area (Å²) >= 11 is 0. The molecule has 0 N–H and O–H groups in total. The largest absolute Gasteiger partial charge is 0.465 e. The molecule has 0 spiro atoms. The lowest BCUT2D eigenvalue weighted by Crippen LogP contribution is -2.19. The van der Waals surface area contributed by atoms with Gasteiger partial charge in [0.05, 0.1) is 13.0 Å². The molecule has 0 aromatic heterocycles. The van der Waals surface area contributed by atoms with Crippen molar-refractivity contribution in [1.29, 1.82) is 0 Å². The SMILES string of the molecule is C=CCC(C)COC(=O)CC(C)(C)CC. The average Bonchev–Trinajstić information content (AvgIpc) is 2.15. The predicted molar refractivity (Wildman–Crippen MR) is 63.6 cm³/mol. The van der Waals surface area contributed by atoms with E-state index in [0.717, 1.165) is 12.8 Å². The molecule has 0 fully saturated rings. The van der Waals surface area contributed by atoms with E-state index >= 15 is 0 Å². The maximum absolute atomic E-state index is 11.5. The summed E-state index contributed by atoms with van der Waals surface area (Å²) in [5, 5.41) is 0. The summed E-state index contributed by atoms with van der Waals surface area (Å²) in [6, 6.07) is 0. The normalized spacial score (nSPS) is 13.3. The summed E-state index contributed by atoms with van der Waals surface area (Å²) in [4.78, 5) is 11.5. The van der Waals surface area contributed by atoms with Crippen molar-refractivity contribution in [1.82, 2.24) is 0 Å². The molecule has 0 aliphatic heterocycles. The number of hydrogen-bond acceptors (Lipinski definition) is 2. The standard InChI is InChI=1S/C13H24O2/c1-6-8-11(3)10-15-12(14)9-13(4,5)7-2/h6,11H,1,7-10H2,2-5H3. The van der Waals surface area contributed by atoms with E-state index in [-0.39, 0.29) is 11.4 Å². The highest BCUT2D eigenvalue weighted by atomic mass is 16.5. The predicted octanol–water partition coefficient (Wildman–Crippen LogP) is 3.57. The van der Waals surface area contributed by atoms with Crippen LogP contribution in [-0.4, -0.2) is 12.6 Å². The molecule has 2 heteroatoms. The Morgan fingerprint density at radius 2 is 2.13 bits per heavy atom. The molecular formula is C13H24O2. The highest BCUT2D eigenvalue weighted by Gasteiger charge is 2.20. The third kappa shape index (κ3) is 7.18. The molecule has 1 unspecified atom stereocenters. The van der Waals surface area contributed by atoms with Crippen molar-refractivity contribution in [2.75, 3.05) is 6.61 Å². The number of hydrogen-bond donors (Lipinski definition) is 0. The van der Waals surface area contributed by atoms with E-state index in [1.165, 1.54) is 0 Å². The molecule has 0 aliphatic rings. The second-order valence-corrected chi connectivity index (χ2v) is 5.01. The fourth-order valence-corrected chi connectivity index (χ4v) is 1.15. The molecule has 1 atom stereocenters. The van der Waals surface area contributed by atoms with Crippen LogP contribution in [0.25, 0.3) is 0 Å². The lowest BCUT2D eigenvalue weighted by molar-refractivity contribution is -0.147. The lowest BCUT2D eigenvalue weighted by Gasteiger charge is -2.21. The van der Waals surface area contributed by atoms with Gasteiger partial charge in [-0.1, -0.05) is 40.2 Å². The smallest absolute Gasteiger partial charge is 0.306 e. The van der Waals surface area contributed by atoms with Crippen LogP contribution < -0.4 is 0 Å². The third-order valence-corrected chi connectivity index (χ3v) is 2.68. The van der Waals surface area contributed by atoms with Crippen molar-refractivity contribution in [2.45, 2.75) is 47.0 Å². The summed E-state index contributed by atoms with van der Waals surface area (Å²) in [7, 11) is 0. The fraction of sp³-hybridized carbons (Fsp3) is 0.769. The minimum atomic E-state index is -0.0854. The number of esters is 1. The van der Waals surface area contributed by atoms with Crippen molar-refractivity contribution in [2.24, 2.45) is 11.3 Å². The Kier molecular flexibility index (Phi) is 6.30. The Hall–Kier alpha value is -0.790. The van der Waals surface area contributed by atoms with E-state index in [1.807, 2.05) is 6.08 Å². The number of ether oxygens (including phenoxy) is 1. The van der Waals surface area contributed by atoms with Crippen LogP contribution in [0, 0.1) is 11.3 Å². The van der Waals surface area contributed by atoms with E-state index in [1.54, 1.807) is 0 Å². The third-order valence-electron chi connectivity index (χ3n) is 2.68. The highest BCUT2D eigenvalue weighted by molar-refractivity contribution is 5.70.